The van der Waals surface area contributed by atoms with E-state index in [4.69, 9.17) is 17.3 Å². The second-order valence-corrected chi connectivity index (χ2v) is 3.58. The third kappa shape index (κ3) is 3.65. The summed E-state index contributed by atoms with van der Waals surface area (Å²) in [4.78, 5) is 10.2. The Morgan fingerprint density at radius 2 is 2.13 bits per heavy atom. The monoisotopic (exact) mass is 270 g/mol. The van der Waals surface area contributed by atoms with Gasteiger partial charge in [-0.25, -0.2) is 4.98 Å². The van der Waals surface area contributed by atoms with Crippen molar-refractivity contribution in [2.75, 3.05) is 18.0 Å². The van der Waals surface area contributed by atoms with Gasteiger partial charge in [-0.3, -0.25) is 4.98 Å². The van der Waals surface area contributed by atoms with Gasteiger partial charge in [0.15, 0.2) is 0 Å². The van der Waals surface area contributed by atoms with Crippen LogP contribution in [0.5, 0.6) is 0 Å². The predicted molar refractivity (Wildman–Crippen MR) is 66.3 cm³/mol. The number of anilines is 1. The van der Waals surface area contributed by atoms with Crippen LogP contribution in [0.2, 0.25) is 5.15 Å². The van der Waals surface area contributed by atoms with E-state index in [1.165, 1.54) is 6.20 Å². The fraction of sp³-hybridized carbons (Fsp3) is 0.500. The van der Waals surface area contributed by atoms with Crippen LogP contribution in [0, 0.1) is 0 Å². The summed E-state index contributed by atoms with van der Waals surface area (Å²) in [5.74, 6) is 0.820. The molecule has 1 aliphatic rings. The molecule has 15 heavy (non-hydrogen) atoms. The molecule has 7 heteroatoms. The van der Waals surface area contributed by atoms with Gasteiger partial charge in [-0.15, -0.1) is 24.8 Å². The van der Waals surface area contributed by atoms with Crippen LogP contribution in [0.1, 0.15) is 6.42 Å². The molecule has 2 N–H and O–H groups in total. The maximum atomic E-state index is 5.78. The fourth-order valence-corrected chi connectivity index (χ4v) is 1.62. The Balaban J connectivity index is 0.000000980. The van der Waals surface area contributed by atoms with Crippen molar-refractivity contribution in [1.29, 1.82) is 0 Å². The maximum absolute atomic E-state index is 5.78. The standard InChI is InChI=1S/C8H11ClN4.2ClH/c9-7-3-11-4-8(12-7)13-2-1-6(10)5-13;;/h3-4,6H,1-2,5,10H2;2*1H. The molecule has 0 radical (unpaired) electrons. The van der Waals surface area contributed by atoms with Gasteiger partial charge in [0.2, 0.25) is 0 Å². The average molecular weight is 272 g/mol. The molecule has 4 nitrogen and oxygen atoms in total. The second kappa shape index (κ2) is 6.33. The van der Waals surface area contributed by atoms with Crippen molar-refractivity contribution in [3.05, 3.63) is 17.5 Å². The molecule has 1 saturated heterocycles. The molecule has 0 aromatic carbocycles. The summed E-state index contributed by atoms with van der Waals surface area (Å²) >= 11 is 5.73. The zero-order valence-corrected chi connectivity index (χ0v) is 10.4. The zero-order valence-electron chi connectivity index (χ0n) is 7.97. The van der Waals surface area contributed by atoms with Crippen molar-refractivity contribution in [3.63, 3.8) is 0 Å². The Kier molecular flexibility index (Phi) is 6.20. The lowest BCUT2D eigenvalue weighted by molar-refractivity contribution is 0.751. The van der Waals surface area contributed by atoms with Crippen molar-refractivity contribution in [1.82, 2.24) is 9.97 Å². The van der Waals surface area contributed by atoms with Gasteiger partial charge >= 0.3 is 0 Å². The normalized spacial score (nSPS) is 19.3. The van der Waals surface area contributed by atoms with Crippen LogP contribution >= 0.6 is 36.4 Å². The van der Waals surface area contributed by atoms with Gasteiger partial charge in [-0.2, -0.15) is 0 Å². The van der Waals surface area contributed by atoms with E-state index in [1.54, 1.807) is 6.20 Å². The number of nitrogens with zero attached hydrogens (tertiary/aromatic N) is 3. The van der Waals surface area contributed by atoms with E-state index >= 15 is 0 Å². The smallest absolute Gasteiger partial charge is 0.149 e. The number of halogens is 3. The number of hydrogen-bond donors (Lipinski definition) is 1. The van der Waals surface area contributed by atoms with Crippen LogP contribution in [0.25, 0.3) is 0 Å². The van der Waals surface area contributed by atoms with E-state index in [0.717, 1.165) is 25.3 Å². The first kappa shape index (κ1) is 14.7. The van der Waals surface area contributed by atoms with Crippen LogP contribution in [0.3, 0.4) is 0 Å². The molecule has 1 atom stereocenters. The Morgan fingerprint density at radius 1 is 1.40 bits per heavy atom. The summed E-state index contributed by atoms with van der Waals surface area (Å²) in [6, 6.07) is 0.251. The highest BCUT2D eigenvalue weighted by atomic mass is 35.5. The van der Waals surface area contributed by atoms with Crippen LogP contribution in [-0.2, 0) is 0 Å². The maximum Gasteiger partial charge on any atom is 0.149 e. The lowest BCUT2D eigenvalue weighted by Gasteiger charge is -2.15. The molecular formula is C8H13Cl3N4. The van der Waals surface area contributed by atoms with Gasteiger partial charge in [0.25, 0.3) is 0 Å². The molecule has 1 aromatic heterocycles. The summed E-state index contributed by atoms with van der Waals surface area (Å²) in [5.41, 5.74) is 5.78. The van der Waals surface area contributed by atoms with Gasteiger partial charge in [-0.1, -0.05) is 11.6 Å². The minimum atomic E-state index is 0. The quantitative estimate of drug-likeness (QED) is 0.841. The van der Waals surface area contributed by atoms with Gasteiger partial charge < -0.3 is 10.6 Å². The fourth-order valence-electron chi connectivity index (χ4n) is 1.48. The van der Waals surface area contributed by atoms with E-state index in [-0.39, 0.29) is 30.9 Å². The summed E-state index contributed by atoms with van der Waals surface area (Å²) in [6.07, 6.45) is 4.25. The first-order valence-electron chi connectivity index (χ1n) is 4.24. The largest absolute Gasteiger partial charge is 0.354 e. The molecule has 0 bridgehead atoms. The lowest BCUT2D eigenvalue weighted by Crippen LogP contribution is -2.26. The molecule has 0 amide bonds. The number of rotatable bonds is 1. The highest BCUT2D eigenvalue weighted by molar-refractivity contribution is 6.29. The Morgan fingerprint density at radius 3 is 2.67 bits per heavy atom. The first-order valence-corrected chi connectivity index (χ1v) is 4.61. The Bertz CT molecular complexity index is 310. The SMILES string of the molecule is Cl.Cl.NC1CCN(c2cncc(Cl)n2)C1. The molecule has 0 saturated carbocycles. The van der Waals surface area contributed by atoms with Gasteiger partial charge in [0.1, 0.15) is 11.0 Å². The topological polar surface area (TPSA) is 55.0 Å². The molecule has 2 heterocycles. The molecule has 2 rings (SSSR count). The summed E-state index contributed by atoms with van der Waals surface area (Å²) in [7, 11) is 0. The Hall–Kier alpha value is -0.290. The van der Waals surface area contributed by atoms with Crippen LogP contribution in [0.15, 0.2) is 12.4 Å². The highest BCUT2D eigenvalue weighted by Gasteiger charge is 2.20. The van der Waals surface area contributed by atoms with Crippen LogP contribution < -0.4 is 10.6 Å². The van der Waals surface area contributed by atoms with Gasteiger partial charge in [0.05, 0.1) is 12.4 Å². The van der Waals surface area contributed by atoms with Gasteiger partial charge in [-0.05, 0) is 6.42 Å². The summed E-state index contributed by atoms with van der Waals surface area (Å²) < 4.78 is 0. The van der Waals surface area contributed by atoms with E-state index in [9.17, 15) is 0 Å². The van der Waals surface area contributed by atoms with Crippen LogP contribution in [-0.4, -0.2) is 29.1 Å². The third-order valence-electron chi connectivity index (χ3n) is 2.14. The van der Waals surface area contributed by atoms with Crippen molar-refractivity contribution >= 4 is 42.2 Å². The molecular weight excluding hydrogens is 258 g/mol. The summed E-state index contributed by atoms with van der Waals surface area (Å²) in [6.45, 7) is 1.78. The molecule has 1 aromatic rings. The van der Waals surface area contributed by atoms with Crippen molar-refractivity contribution < 1.29 is 0 Å². The third-order valence-corrected chi connectivity index (χ3v) is 2.32. The molecule has 0 aliphatic carbocycles. The predicted octanol–water partition coefficient (Wildman–Crippen LogP) is 1.51. The van der Waals surface area contributed by atoms with Gasteiger partial charge in [0, 0.05) is 19.1 Å². The molecule has 0 spiro atoms. The second-order valence-electron chi connectivity index (χ2n) is 3.19. The van der Waals surface area contributed by atoms with E-state index < -0.39 is 0 Å². The molecule has 1 fully saturated rings. The number of nitrogens with two attached hydrogens (primary N) is 1. The molecule has 86 valence electrons. The number of aromatic nitrogens is 2. The van der Waals surface area contributed by atoms with E-state index in [2.05, 4.69) is 14.9 Å². The van der Waals surface area contributed by atoms with E-state index in [1.807, 2.05) is 0 Å². The van der Waals surface area contributed by atoms with Crippen molar-refractivity contribution in [2.45, 2.75) is 12.5 Å². The highest BCUT2D eigenvalue weighted by Crippen LogP contribution is 2.17. The molecule has 1 unspecified atom stereocenters. The zero-order chi connectivity index (χ0) is 9.26. The van der Waals surface area contributed by atoms with E-state index in [0.29, 0.717) is 5.15 Å². The van der Waals surface area contributed by atoms with Crippen LogP contribution in [0.4, 0.5) is 5.82 Å². The number of hydrogen-bond acceptors (Lipinski definition) is 4. The average Bonchev–Trinajstić information content (AvgIpc) is 2.52. The van der Waals surface area contributed by atoms with Crippen molar-refractivity contribution in [2.24, 2.45) is 5.73 Å². The Labute approximate surface area is 106 Å². The lowest BCUT2D eigenvalue weighted by atomic mass is 10.3. The minimum Gasteiger partial charge on any atom is -0.354 e. The molecule has 1 aliphatic heterocycles. The first-order chi connectivity index (χ1) is 6.25. The summed E-state index contributed by atoms with van der Waals surface area (Å²) in [5, 5.41) is 0.429. The van der Waals surface area contributed by atoms with Crippen molar-refractivity contribution in [3.8, 4) is 0 Å². The minimum absolute atomic E-state index is 0.